The van der Waals surface area contributed by atoms with Crippen molar-refractivity contribution in [3.05, 3.63) is 88.6 Å². The van der Waals surface area contributed by atoms with Gasteiger partial charge in [-0.2, -0.15) is 22.8 Å². The molecule has 1 spiro atoms. The summed E-state index contributed by atoms with van der Waals surface area (Å²) in [6.45, 7) is 5.68. The number of hydrogen-bond donors (Lipinski definition) is 2. The van der Waals surface area contributed by atoms with Crippen LogP contribution in [0.15, 0.2) is 60.7 Å². The van der Waals surface area contributed by atoms with E-state index in [0.717, 1.165) is 34.6 Å². The standard InChI is InChI=1S/C44H45BF4N8O4/c1-25(58)56-23-44(48,49)35-29(12-8-14-32(35)56)45-60-40(2,3)41(4,61-45)16-15-33(59)57-24-43(46,47)34-28(11-7-13-31(34)57)36-38(52)54-39(30(22-50)53-36)55-19-17-42(18-20-55)21-26-9-5-6-10-27(26)37(42)51/h5-14,37H,15-21,23-24,51H2,1-4H3,(H2,52,54)/t37-,41?/m1/s1. The van der Waals surface area contributed by atoms with Gasteiger partial charge in [-0.25, -0.2) is 9.97 Å². The molecule has 2 atom stereocenters. The Balaban J connectivity index is 0.936. The van der Waals surface area contributed by atoms with Crippen molar-refractivity contribution < 1.29 is 36.5 Å². The number of rotatable bonds is 6. The molecule has 4 aliphatic heterocycles. The van der Waals surface area contributed by atoms with Crippen LogP contribution >= 0.6 is 0 Å². The Morgan fingerprint density at radius 2 is 1.56 bits per heavy atom. The Morgan fingerprint density at radius 3 is 2.25 bits per heavy atom. The number of hydrogen-bond acceptors (Lipinski definition) is 10. The monoisotopic (exact) mass is 836 g/mol. The number of halogens is 4. The summed E-state index contributed by atoms with van der Waals surface area (Å²) in [7, 11) is -1.26. The quantitative estimate of drug-likeness (QED) is 0.172. The van der Waals surface area contributed by atoms with Crippen molar-refractivity contribution in [2.45, 2.75) is 88.9 Å². The first-order chi connectivity index (χ1) is 28.8. The van der Waals surface area contributed by atoms with Gasteiger partial charge >= 0.3 is 7.12 Å². The van der Waals surface area contributed by atoms with E-state index in [9.17, 15) is 14.9 Å². The third-order valence-electron chi connectivity index (χ3n) is 13.9. The summed E-state index contributed by atoms with van der Waals surface area (Å²) in [5.41, 5.74) is 12.3. The molecule has 61 heavy (non-hydrogen) atoms. The molecule has 5 heterocycles. The first-order valence-corrected chi connectivity index (χ1v) is 20.4. The average Bonchev–Trinajstić information content (AvgIpc) is 3.86. The SMILES string of the molecule is CC(=O)N1CC(F)(F)c2c(B3OC(C)(C)C(C)(CCC(=O)N4CC(F)(F)c5c(-c6nc(C#N)c(N7CCC8(CC7)Cc7ccccc7[C@H]8N)nc6N)cccc54)O3)cccc21. The third kappa shape index (κ3) is 6.36. The topological polar surface area (TPSA) is 164 Å². The number of fused-ring (bicyclic) bond motifs is 3. The number of benzene rings is 3. The van der Waals surface area contributed by atoms with Crippen LogP contribution in [0.3, 0.4) is 0 Å². The molecule has 9 rings (SSSR count). The van der Waals surface area contributed by atoms with Gasteiger partial charge < -0.3 is 35.5 Å². The van der Waals surface area contributed by atoms with Crippen molar-refractivity contribution in [3.63, 3.8) is 0 Å². The number of nitrogen functional groups attached to an aromatic ring is 1. The van der Waals surface area contributed by atoms with E-state index in [2.05, 4.69) is 28.2 Å². The lowest BCUT2D eigenvalue weighted by Crippen LogP contribution is -2.46. The normalized spacial score (nSPS) is 23.8. The molecule has 0 bridgehead atoms. The smallest absolute Gasteiger partial charge is 0.399 e. The molecule has 1 aromatic heterocycles. The summed E-state index contributed by atoms with van der Waals surface area (Å²) in [5, 5.41) is 10.3. The number of alkyl halides is 4. The van der Waals surface area contributed by atoms with Gasteiger partial charge in [0, 0.05) is 43.6 Å². The zero-order chi connectivity index (χ0) is 43.4. The summed E-state index contributed by atoms with van der Waals surface area (Å²) in [6, 6.07) is 19.0. The second-order valence-electron chi connectivity index (χ2n) is 17.7. The Bertz CT molecular complexity index is 2540. The average molecular weight is 837 g/mol. The van der Waals surface area contributed by atoms with Crippen LogP contribution in [0.4, 0.5) is 40.6 Å². The van der Waals surface area contributed by atoms with E-state index in [4.69, 9.17) is 20.8 Å². The van der Waals surface area contributed by atoms with E-state index in [1.807, 2.05) is 17.0 Å². The van der Waals surface area contributed by atoms with Crippen molar-refractivity contribution in [3.8, 4) is 17.3 Å². The second-order valence-corrected chi connectivity index (χ2v) is 17.7. The van der Waals surface area contributed by atoms with Crippen LogP contribution in [0, 0.1) is 16.7 Å². The molecule has 1 aliphatic carbocycles. The molecule has 2 saturated heterocycles. The van der Waals surface area contributed by atoms with Gasteiger partial charge in [0.1, 0.15) is 11.8 Å². The number of nitrogens with zero attached hydrogens (tertiary/aromatic N) is 6. The lowest BCUT2D eigenvalue weighted by molar-refractivity contribution is -0.121. The molecule has 3 aromatic carbocycles. The Kier molecular flexibility index (Phi) is 9.36. The first kappa shape index (κ1) is 40.8. The minimum absolute atomic E-state index is 0.000672. The highest BCUT2D eigenvalue weighted by Crippen LogP contribution is 2.53. The van der Waals surface area contributed by atoms with E-state index in [1.165, 1.54) is 42.8 Å². The molecule has 5 aliphatic rings. The van der Waals surface area contributed by atoms with E-state index in [1.54, 1.807) is 26.8 Å². The van der Waals surface area contributed by atoms with Crippen molar-refractivity contribution in [2.75, 3.05) is 46.6 Å². The lowest BCUT2D eigenvalue weighted by Gasteiger charge is -2.42. The van der Waals surface area contributed by atoms with Crippen molar-refractivity contribution in [1.29, 1.82) is 5.26 Å². The number of piperidine rings is 1. The van der Waals surface area contributed by atoms with Crippen molar-refractivity contribution in [1.82, 2.24) is 9.97 Å². The summed E-state index contributed by atoms with van der Waals surface area (Å²) in [5.74, 6) is -7.89. The molecule has 17 heteroatoms. The fourth-order valence-corrected chi connectivity index (χ4v) is 10.1. The van der Waals surface area contributed by atoms with E-state index < -0.39 is 60.6 Å². The molecule has 1 unspecified atom stereocenters. The van der Waals surface area contributed by atoms with Crippen molar-refractivity contribution >= 4 is 47.4 Å². The minimum Gasteiger partial charge on any atom is -0.399 e. The van der Waals surface area contributed by atoms with Gasteiger partial charge in [-0.3, -0.25) is 9.59 Å². The van der Waals surface area contributed by atoms with Crippen LogP contribution in [0.25, 0.3) is 11.3 Å². The van der Waals surface area contributed by atoms with E-state index in [0.29, 0.717) is 13.1 Å². The number of carbonyl (C=O) groups is 2. The van der Waals surface area contributed by atoms with Crippen LogP contribution in [-0.4, -0.2) is 66.3 Å². The predicted molar refractivity (Wildman–Crippen MR) is 221 cm³/mol. The fourth-order valence-electron chi connectivity index (χ4n) is 10.1. The molecule has 316 valence electrons. The summed E-state index contributed by atoms with van der Waals surface area (Å²) in [6.07, 6.45) is 2.12. The lowest BCUT2D eigenvalue weighted by atomic mass is 9.73. The maximum absolute atomic E-state index is 16.2. The van der Waals surface area contributed by atoms with Gasteiger partial charge in [0.15, 0.2) is 17.3 Å². The minimum atomic E-state index is -3.52. The Hall–Kier alpha value is -5.57. The molecule has 0 radical (unpaired) electrons. The maximum atomic E-state index is 16.2. The zero-order valence-corrected chi connectivity index (χ0v) is 34.3. The Labute approximate surface area is 350 Å². The van der Waals surface area contributed by atoms with E-state index in [-0.39, 0.29) is 75.3 Å². The molecule has 4 aromatic rings. The van der Waals surface area contributed by atoms with Gasteiger partial charge in [-0.1, -0.05) is 48.5 Å². The fraction of sp³-hybridized carbons (Fsp3) is 0.432. The molecule has 2 fully saturated rings. The van der Waals surface area contributed by atoms with Gasteiger partial charge in [0.05, 0.1) is 41.2 Å². The van der Waals surface area contributed by atoms with Gasteiger partial charge in [0.25, 0.3) is 11.8 Å². The van der Waals surface area contributed by atoms with Crippen LogP contribution in [0.1, 0.15) is 87.4 Å². The summed E-state index contributed by atoms with van der Waals surface area (Å²) in [4.78, 5) is 39.2. The summed E-state index contributed by atoms with van der Waals surface area (Å²) >= 11 is 0. The molecule has 2 amide bonds. The van der Waals surface area contributed by atoms with Gasteiger partial charge in [-0.15, -0.1) is 0 Å². The second kappa shape index (κ2) is 14.0. The molecule has 0 saturated carbocycles. The highest BCUT2D eigenvalue weighted by molar-refractivity contribution is 6.63. The van der Waals surface area contributed by atoms with Gasteiger partial charge in [0.2, 0.25) is 11.8 Å². The summed E-state index contributed by atoms with van der Waals surface area (Å²) < 4.78 is 75.7. The highest BCUT2D eigenvalue weighted by Gasteiger charge is 2.58. The van der Waals surface area contributed by atoms with Crippen LogP contribution in [-0.2, 0) is 37.2 Å². The Morgan fingerprint density at radius 1 is 0.902 bits per heavy atom. The van der Waals surface area contributed by atoms with E-state index >= 15 is 17.6 Å². The predicted octanol–water partition coefficient (Wildman–Crippen LogP) is 6.10. The molecular formula is C44H45BF4N8O4. The number of carbonyl (C=O) groups excluding carboxylic acids is 2. The number of amides is 2. The van der Waals surface area contributed by atoms with Crippen LogP contribution in [0.2, 0.25) is 0 Å². The number of nitrogens with two attached hydrogens (primary N) is 2. The zero-order valence-electron chi connectivity index (χ0n) is 34.3. The molecular weight excluding hydrogens is 791 g/mol. The molecule has 4 N–H and O–H groups in total. The number of aromatic nitrogens is 2. The molecule has 12 nitrogen and oxygen atoms in total. The third-order valence-corrected chi connectivity index (χ3v) is 13.9. The highest BCUT2D eigenvalue weighted by atomic mass is 19.3. The van der Waals surface area contributed by atoms with Gasteiger partial charge in [-0.05, 0) is 80.6 Å². The first-order valence-electron chi connectivity index (χ1n) is 20.4. The maximum Gasteiger partial charge on any atom is 0.495 e. The van der Waals surface area contributed by atoms with Crippen LogP contribution < -0.4 is 31.6 Å². The largest absolute Gasteiger partial charge is 0.495 e. The number of nitriles is 1. The van der Waals surface area contributed by atoms with Crippen LogP contribution in [0.5, 0.6) is 0 Å². The van der Waals surface area contributed by atoms with Crippen molar-refractivity contribution in [2.24, 2.45) is 11.1 Å². The number of anilines is 4.